The van der Waals surface area contributed by atoms with Crippen molar-refractivity contribution in [3.05, 3.63) is 18.0 Å². The summed E-state index contributed by atoms with van der Waals surface area (Å²) in [6.45, 7) is 4.72. The van der Waals surface area contributed by atoms with Crippen molar-refractivity contribution in [2.24, 2.45) is 0 Å². The summed E-state index contributed by atoms with van der Waals surface area (Å²) in [7, 11) is 0. The maximum Gasteiger partial charge on any atom is 0.319 e. The van der Waals surface area contributed by atoms with Crippen LogP contribution in [-0.4, -0.2) is 16.6 Å². The van der Waals surface area contributed by atoms with Crippen LogP contribution in [0.5, 0.6) is 6.01 Å². The van der Waals surface area contributed by atoms with Crippen molar-refractivity contribution in [3.8, 4) is 6.01 Å². The normalized spacial score (nSPS) is 10.9. The number of aryl methyl sites for hydroxylation is 1. The Labute approximate surface area is 94.6 Å². The standard InChI is InChI=1S/C12H16N2O2/c1-3-4-5-6-15-12-13-8-10-7-9(2)16-11(10)14-12/h7-8H,3-6H2,1-2H3. The third kappa shape index (κ3) is 2.51. The van der Waals surface area contributed by atoms with E-state index in [1.165, 1.54) is 12.8 Å². The molecule has 0 amide bonds. The van der Waals surface area contributed by atoms with Gasteiger partial charge in [0.25, 0.3) is 0 Å². The number of unbranched alkanes of at least 4 members (excludes halogenated alkanes) is 2. The average molecular weight is 220 g/mol. The van der Waals surface area contributed by atoms with Gasteiger partial charge in [0.05, 0.1) is 12.0 Å². The maximum absolute atomic E-state index is 5.44. The van der Waals surface area contributed by atoms with Gasteiger partial charge in [-0.1, -0.05) is 19.8 Å². The van der Waals surface area contributed by atoms with Crippen LogP contribution >= 0.6 is 0 Å². The number of furan rings is 1. The molecule has 0 unspecified atom stereocenters. The van der Waals surface area contributed by atoms with E-state index in [0.29, 0.717) is 18.3 Å². The van der Waals surface area contributed by atoms with Gasteiger partial charge in [-0.05, 0) is 19.4 Å². The van der Waals surface area contributed by atoms with Crippen molar-refractivity contribution in [3.63, 3.8) is 0 Å². The average Bonchev–Trinajstić information content (AvgIpc) is 2.64. The molecule has 16 heavy (non-hydrogen) atoms. The van der Waals surface area contributed by atoms with Crippen LogP contribution in [0.4, 0.5) is 0 Å². The highest BCUT2D eigenvalue weighted by atomic mass is 16.5. The van der Waals surface area contributed by atoms with E-state index in [4.69, 9.17) is 9.15 Å². The van der Waals surface area contributed by atoms with Crippen molar-refractivity contribution >= 4 is 11.1 Å². The van der Waals surface area contributed by atoms with E-state index in [-0.39, 0.29) is 0 Å². The first-order valence-electron chi connectivity index (χ1n) is 5.65. The van der Waals surface area contributed by atoms with Crippen LogP contribution in [0.3, 0.4) is 0 Å². The maximum atomic E-state index is 5.44. The van der Waals surface area contributed by atoms with E-state index in [0.717, 1.165) is 17.6 Å². The van der Waals surface area contributed by atoms with Gasteiger partial charge in [-0.15, -0.1) is 0 Å². The van der Waals surface area contributed by atoms with Crippen LogP contribution in [0.25, 0.3) is 11.1 Å². The Morgan fingerprint density at radius 2 is 2.25 bits per heavy atom. The summed E-state index contributed by atoms with van der Waals surface area (Å²) >= 11 is 0. The molecule has 0 saturated carbocycles. The van der Waals surface area contributed by atoms with Gasteiger partial charge in [-0.2, -0.15) is 4.98 Å². The Hall–Kier alpha value is -1.58. The van der Waals surface area contributed by atoms with Gasteiger partial charge in [-0.25, -0.2) is 4.98 Å². The third-order valence-electron chi connectivity index (χ3n) is 2.35. The van der Waals surface area contributed by atoms with Crippen molar-refractivity contribution in [2.75, 3.05) is 6.61 Å². The number of nitrogens with zero attached hydrogens (tertiary/aromatic N) is 2. The van der Waals surface area contributed by atoms with E-state index in [1.807, 2.05) is 13.0 Å². The quantitative estimate of drug-likeness (QED) is 0.726. The largest absolute Gasteiger partial charge is 0.463 e. The molecule has 86 valence electrons. The van der Waals surface area contributed by atoms with Gasteiger partial charge >= 0.3 is 6.01 Å². The van der Waals surface area contributed by atoms with Crippen LogP contribution in [0.1, 0.15) is 31.9 Å². The number of aromatic nitrogens is 2. The third-order valence-corrected chi connectivity index (χ3v) is 2.35. The van der Waals surface area contributed by atoms with Crippen molar-refractivity contribution < 1.29 is 9.15 Å². The molecule has 0 fully saturated rings. The lowest BCUT2D eigenvalue weighted by Gasteiger charge is -2.02. The Kier molecular flexibility index (Phi) is 3.39. The Balaban J connectivity index is 2.02. The summed E-state index contributed by atoms with van der Waals surface area (Å²) in [6, 6.07) is 2.31. The van der Waals surface area contributed by atoms with E-state index in [1.54, 1.807) is 6.20 Å². The summed E-state index contributed by atoms with van der Waals surface area (Å²) in [6.07, 6.45) is 5.12. The van der Waals surface area contributed by atoms with E-state index in [2.05, 4.69) is 16.9 Å². The highest BCUT2D eigenvalue weighted by molar-refractivity contribution is 5.72. The lowest BCUT2D eigenvalue weighted by atomic mass is 10.3. The van der Waals surface area contributed by atoms with Gasteiger partial charge in [-0.3, -0.25) is 0 Å². The van der Waals surface area contributed by atoms with Crippen LogP contribution < -0.4 is 4.74 Å². The number of rotatable bonds is 5. The summed E-state index contributed by atoms with van der Waals surface area (Å²) < 4.78 is 10.8. The van der Waals surface area contributed by atoms with Crippen molar-refractivity contribution in [1.29, 1.82) is 0 Å². The topological polar surface area (TPSA) is 48.2 Å². The highest BCUT2D eigenvalue weighted by Gasteiger charge is 2.04. The van der Waals surface area contributed by atoms with Crippen LogP contribution in [-0.2, 0) is 0 Å². The summed E-state index contributed by atoms with van der Waals surface area (Å²) in [4.78, 5) is 8.32. The SMILES string of the molecule is CCCCCOc1ncc2cc(C)oc2n1. The highest BCUT2D eigenvalue weighted by Crippen LogP contribution is 2.17. The van der Waals surface area contributed by atoms with E-state index in [9.17, 15) is 0 Å². The molecular weight excluding hydrogens is 204 g/mol. The first kappa shape index (κ1) is 10.9. The molecule has 0 aliphatic rings. The molecule has 0 saturated heterocycles. The molecule has 0 atom stereocenters. The molecule has 0 aliphatic heterocycles. The minimum absolute atomic E-state index is 0.401. The van der Waals surface area contributed by atoms with Crippen LogP contribution in [0, 0.1) is 6.92 Å². The number of hydrogen-bond acceptors (Lipinski definition) is 4. The lowest BCUT2D eigenvalue weighted by Crippen LogP contribution is -2.00. The molecule has 0 radical (unpaired) electrons. The lowest BCUT2D eigenvalue weighted by molar-refractivity contribution is 0.282. The van der Waals surface area contributed by atoms with Crippen LogP contribution in [0.15, 0.2) is 16.7 Å². The monoisotopic (exact) mass is 220 g/mol. The molecule has 4 nitrogen and oxygen atoms in total. The fraction of sp³-hybridized carbons (Fsp3) is 0.500. The van der Waals surface area contributed by atoms with Gasteiger partial charge in [0.15, 0.2) is 0 Å². The zero-order valence-electron chi connectivity index (χ0n) is 9.69. The zero-order valence-corrected chi connectivity index (χ0v) is 9.69. The fourth-order valence-corrected chi connectivity index (χ4v) is 1.53. The minimum Gasteiger partial charge on any atom is -0.463 e. The number of fused-ring (bicyclic) bond motifs is 1. The molecule has 0 spiro atoms. The minimum atomic E-state index is 0.401. The second-order valence-electron chi connectivity index (χ2n) is 3.83. The summed E-state index contributed by atoms with van der Waals surface area (Å²) in [5.74, 6) is 0.840. The van der Waals surface area contributed by atoms with Gasteiger partial charge < -0.3 is 9.15 Å². The molecule has 2 aromatic rings. The van der Waals surface area contributed by atoms with E-state index >= 15 is 0 Å². The number of ether oxygens (including phenoxy) is 1. The Bertz CT molecular complexity index is 465. The van der Waals surface area contributed by atoms with Gasteiger partial charge in [0.1, 0.15) is 5.76 Å². The van der Waals surface area contributed by atoms with Crippen molar-refractivity contribution in [2.45, 2.75) is 33.1 Å². The first-order chi connectivity index (χ1) is 7.79. The number of hydrogen-bond donors (Lipinski definition) is 0. The van der Waals surface area contributed by atoms with Crippen molar-refractivity contribution in [1.82, 2.24) is 9.97 Å². The Morgan fingerprint density at radius 3 is 3.06 bits per heavy atom. The summed E-state index contributed by atoms with van der Waals surface area (Å²) in [5, 5.41) is 0.915. The van der Waals surface area contributed by atoms with Gasteiger partial charge in [0.2, 0.25) is 5.71 Å². The fourth-order valence-electron chi connectivity index (χ4n) is 1.53. The molecule has 2 rings (SSSR count). The molecular formula is C12H16N2O2. The van der Waals surface area contributed by atoms with Gasteiger partial charge in [0, 0.05) is 6.20 Å². The second kappa shape index (κ2) is 4.96. The molecule has 0 bridgehead atoms. The molecule has 2 aromatic heterocycles. The predicted molar refractivity (Wildman–Crippen MR) is 61.6 cm³/mol. The first-order valence-corrected chi connectivity index (χ1v) is 5.65. The molecule has 0 N–H and O–H groups in total. The predicted octanol–water partition coefficient (Wildman–Crippen LogP) is 3.10. The zero-order chi connectivity index (χ0) is 11.4. The molecule has 0 aromatic carbocycles. The van der Waals surface area contributed by atoms with Crippen LogP contribution in [0.2, 0.25) is 0 Å². The second-order valence-corrected chi connectivity index (χ2v) is 3.83. The molecule has 2 heterocycles. The molecule has 4 heteroatoms. The summed E-state index contributed by atoms with van der Waals surface area (Å²) in [5.41, 5.74) is 0.595. The molecule has 0 aliphatic carbocycles. The smallest absolute Gasteiger partial charge is 0.319 e. The van der Waals surface area contributed by atoms with E-state index < -0.39 is 0 Å². The Morgan fingerprint density at radius 1 is 1.38 bits per heavy atom.